The number of carbonyl (C=O) groups is 1. The molecule has 0 spiro atoms. The highest BCUT2D eigenvalue weighted by Crippen LogP contribution is 2.51. The molecule has 4 heteroatoms. The third kappa shape index (κ3) is 2.84. The van der Waals surface area contributed by atoms with E-state index < -0.39 is 8.32 Å². The minimum absolute atomic E-state index is 0.0471. The summed E-state index contributed by atoms with van der Waals surface area (Å²) in [6.07, 6.45) is 4.47. The Morgan fingerprint density at radius 1 is 1.16 bits per heavy atom. The van der Waals surface area contributed by atoms with Crippen LogP contribution in [0.3, 0.4) is 0 Å². The number of para-hydroxylation sites is 1. The number of ether oxygens (including phenoxy) is 1. The summed E-state index contributed by atoms with van der Waals surface area (Å²) in [4.78, 5) is 13.3. The lowest BCUT2D eigenvalue weighted by Crippen LogP contribution is -2.51. The van der Waals surface area contributed by atoms with Crippen LogP contribution in [0.5, 0.6) is 5.75 Å². The second kappa shape index (κ2) is 6.01. The lowest BCUT2D eigenvalue weighted by Gasteiger charge is -2.48. The number of carbonyl (C=O) groups excluding carboxylic acids is 1. The topological polar surface area (TPSA) is 35.5 Å². The molecule has 1 aromatic carbocycles. The molecule has 2 aliphatic carbocycles. The Morgan fingerprint density at radius 3 is 2.68 bits per heavy atom. The van der Waals surface area contributed by atoms with Crippen molar-refractivity contribution in [2.45, 2.75) is 58.4 Å². The average molecular weight is 357 g/mol. The molecule has 3 nitrogen and oxygen atoms in total. The number of allylic oxidation sites excluding steroid dienone is 1. The van der Waals surface area contributed by atoms with Crippen molar-refractivity contribution in [2.24, 2.45) is 17.8 Å². The van der Waals surface area contributed by atoms with Crippen molar-refractivity contribution >= 4 is 14.1 Å². The Balaban J connectivity index is 1.80. The van der Waals surface area contributed by atoms with Gasteiger partial charge in [0.25, 0.3) is 0 Å². The zero-order valence-corrected chi connectivity index (χ0v) is 16.7. The Bertz CT molecular complexity index is 731. The summed E-state index contributed by atoms with van der Waals surface area (Å²) in [5, 5.41) is 0. The van der Waals surface area contributed by atoms with Gasteiger partial charge in [-0.05, 0) is 62.5 Å². The molecule has 0 saturated heterocycles. The summed E-state index contributed by atoms with van der Waals surface area (Å²) < 4.78 is 13.0. The first-order valence-electron chi connectivity index (χ1n) is 9.58. The SMILES string of the molecule is CC1C(O[Si](C)(C)C)=C2CCCCC2[C@H]2C(=O)c3ccccc3O[C@@H]12. The van der Waals surface area contributed by atoms with Gasteiger partial charge in [0.2, 0.25) is 8.32 Å². The van der Waals surface area contributed by atoms with Crippen LogP contribution in [-0.2, 0) is 4.43 Å². The zero-order valence-electron chi connectivity index (χ0n) is 15.7. The van der Waals surface area contributed by atoms with Crippen molar-refractivity contribution in [3.05, 3.63) is 41.2 Å². The summed E-state index contributed by atoms with van der Waals surface area (Å²) in [6.45, 7) is 8.89. The number of ketones is 1. The Morgan fingerprint density at radius 2 is 1.92 bits per heavy atom. The molecular weight excluding hydrogens is 328 g/mol. The van der Waals surface area contributed by atoms with Gasteiger partial charge in [-0.25, -0.2) is 0 Å². The molecule has 0 bridgehead atoms. The van der Waals surface area contributed by atoms with Crippen LogP contribution in [0.2, 0.25) is 19.6 Å². The van der Waals surface area contributed by atoms with Gasteiger partial charge in [-0.3, -0.25) is 4.79 Å². The number of rotatable bonds is 2. The molecule has 0 amide bonds. The van der Waals surface area contributed by atoms with Crippen LogP contribution in [0.15, 0.2) is 35.6 Å². The molecule has 1 aliphatic heterocycles. The monoisotopic (exact) mass is 356 g/mol. The number of Topliss-reactive ketones (excluding diaryl/α,β-unsaturated/α-hetero) is 1. The van der Waals surface area contributed by atoms with Crippen LogP contribution in [0.25, 0.3) is 0 Å². The fourth-order valence-electron chi connectivity index (χ4n) is 4.82. The van der Waals surface area contributed by atoms with Gasteiger partial charge in [0, 0.05) is 5.92 Å². The maximum absolute atomic E-state index is 13.3. The smallest absolute Gasteiger partial charge is 0.241 e. The van der Waals surface area contributed by atoms with Crippen LogP contribution < -0.4 is 4.74 Å². The number of hydrogen-bond acceptors (Lipinski definition) is 3. The quantitative estimate of drug-likeness (QED) is 0.684. The minimum atomic E-state index is -1.71. The summed E-state index contributed by atoms with van der Waals surface area (Å²) in [6, 6.07) is 7.72. The predicted octanol–water partition coefficient (Wildman–Crippen LogP) is 5.19. The molecule has 134 valence electrons. The lowest BCUT2D eigenvalue weighted by atomic mass is 9.63. The summed E-state index contributed by atoms with van der Waals surface area (Å²) in [7, 11) is -1.71. The molecule has 0 N–H and O–H groups in total. The maximum atomic E-state index is 13.3. The van der Waals surface area contributed by atoms with E-state index in [1.165, 1.54) is 18.4 Å². The fraction of sp³-hybridized carbons (Fsp3) is 0.571. The molecular formula is C21H28O3Si. The van der Waals surface area contributed by atoms with Crippen LogP contribution >= 0.6 is 0 Å². The second-order valence-corrected chi connectivity index (χ2v) is 13.1. The van der Waals surface area contributed by atoms with Gasteiger partial charge < -0.3 is 9.16 Å². The molecule has 4 rings (SSSR count). The number of hydrogen-bond donors (Lipinski definition) is 0. The molecule has 0 radical (unpaired) electrons. The molecule has 2 unspecified atom stereocenters. The van der Waals surface area contributed by atoms with Gasteiger partial charge >= 0.3 is 0 Å². The van der Waals surface area contributed by atoms with Crippen molar-refractivity contribution in [1.82, 2.24) is 0 Å². The first-order valence-corrected chi connectivity index (χ1v) is 13.0. The van der Waals surface area contributed by atoms with E-state index in [1.807, 2.05) is 24.3 Å². The van der Waals surface area contributed by atoms with E-state index in [0.717, 1.165) is 29.9 Å². The highest BCUT2D eigenvalue weighted by atomic mass is 28.4. The molecule has 4 atom stereocenters. The van der Waals surface area contributed by atoms with Crippen LogP contribution in [0.4, 0.5) is 0 Å². The largest absolute Gasteiger partial charge is 0.547 e. The van der Waals surface area contributed by atoms with E-state index in [0.29, 0.717) is 5.92 Å². The van der Waals surface area contributed by atoms with Crippen molar-refractivity contribution < 1.29 is 14.0 Å². The van der Waals surface area contributed by atoms with Crippen molar-refractivity contribution in [3.8, 4) is 5.75 Å². The van der Waals surface area contributed by atoms with E-state index >= 15 is 0 Å². The number of benzene rings is 1. The van der Waals surface area contributed by atoms with E-state index in [9.17, 15) is 4.79 Å². The van der Waals surface area contributed by atoms with E-state index in [1.54, 1.807) is 0 Å². The van der Waals surface area contributed by atoms with Crippen molar-refractivity contribution in [2.75, 3.05) is 0 Å². The third-order valence-corrected chi connectivity index (χ3v) is 6.64. The summed E-state index contributed by atoms with van der Waals surface area (Å²) in [5.74, 6) is 2.55. The Labute approximate surface area is 151 Å². The molecule has 1 fully saturated rings. The fourth-order valence-corrected chi connectivity index (χ4v) is 5.79. The first kappa shape index (κ1) is 16.9. The lowest BCUT2D eigenvalue weighted by molar-refractivity contribution is 0.0195. The van der Waals surface area contributed by atoms with Gasteiger partial charge in [-0.15, -0.1) is 0 Å². The van der Waals surface area contributed by atoms with Gasteiger partial charge in [-0.1, -0.05) is 25.5 Å². The first-order chi connectivity index (χ1) is 11.9. The number of fused-ring (bicyclic) bond motifs is 4. The molecule has 3 aliphatic rings. The van der Waals surface area contributed by atoms with Crippen LogP contribution in [0.1, 0.15) is 43.0 Å². The minimum Gasteiger partial charge on any atom is -0.547 e. The maximum Gasteiger partial charge on any atom is 0.241 e. The molecule has 1 saturated carbocycles. The average Bonchev–Trinajstić information content (AvgIpc) is 2.58. The normalized spacial score (nSPS) is 31.6. The van der Waals surface area contributed by atoms with Gasteiger partial charge in [-0.2, -0.15) is 0 Å². The van der Waals surface area contributed by atoms with E-state index in [4.69, 9.17) is 9.16 Å². The summed E-state index contributed by atoms with van der Waals surface area (Å²) >= 11 is 0. The van der Waals surface area contributed by atoms with Crippen molar-refractivity contribution in [1.29, 1.82) is 0 Å². The summed E-state index contributed by atoms with van der Waals surface area (Å²) in [5.41, 5.74) is 2.18. The Kier molecular flexibility index (Phi) is 4.06. The molecule has 0 aromatic heterocycles. The Hall–Kier alpha value is -1.55. The second-order valence-electron chi connectivity index (χ2n) is 8.71. The van der Waals surface area contributed by atoms with E-state index in [-0.39, 0.29) is 23.7 Å². The van der Waals surface area contributed by atoms with Gasteiger partial charge in [0.05, 0.1) is 17.2 Å². The molecule has 25 heavy (non-hydrogen) atoms. The highest BCUT2D eigenvalue weighted by molar-refractivity contribution is 6.70. The standard InChI is InChI=1S/C21H28O3Si/c1-13-20(24-25(2,3)4)15-10-6-5-9-14(15)18-19(22)16-11-7-8-12-17(16)23-21(13)18/h7-8,11-14,18,21H,5-6,9-10H2,1-4H3/t13?,14?,18-,21-/m0/s1. The van der Waals surface area contributed by atoms with Crippen LogP contribution in [0, 0.1) is 17.8 Å². The highest BCUT2D eigenvalue weighted by Gasteiger charge is 2.51. The van der Waals surface area contributed by atoms with E-state index in [2.05, 4.69) is 26.6 Å². The van der Waals surface area contributed by atoms with Gasteiger partial charge in [0.15, 0.2) is 5.78 Å². The third-order valence-electron chi connectivity index (χ3n) is 5.80. The molecule has 1 heterocycles. The predicted molar refractivity (Wildman–Crippen MR) is 101 cm³/mol. The van der Waals surface area contributed by atoms with Gasteiger partial charge in [0.1, 0.15) is 11.9 Å². The van der Waals surface area contributed by atoms with Crippen LogP contribution in [-0.4, -0.2) is 20.2 Å². The molecule has 1 aromatic rings. The van der Waals surface area contributed by atoms with Crippen molar-refractivity contribution in [3.63, 3.8) is 0 Å². The zero-order chi connectivity index (χ0) is 17.8.